The van der Waals surface area contributed by atoms with Crippen LogP contribution in [0.15, 0.2) is 54.9 Å². The van der Waals surface area contributed by atoms with E-state index in [1.165, 1.54) is 24.4 Å². The van der Waals surface area contributed by atoms with Crippen molar-refractivity contribution in [3.63, 3.8) is 0 Å². The van der Waals surface area contributed by atoms with E-state index < -0.39 is 4.92 Å². The molecule has 144 valence electrons. The van der Waals surface area contributed by atoms with Crippen LogP contribution >= 0.6 is 11.6 Å². The van der Waals surface area contributed by atoms with Crippen LogP contribution in [0.5, 0.6) is 11.5 Å². The number of hydrogen-bond donors (Lipinski definition) is 1. The first kappa shape index (κ1) is 19.4. The average Bonchev–Trinajstić information content (AvgIpc) is 3.05. The molecule has 0 atom stereocenters. The molecule has 1 N–H and O–H groups in total. The molecule has 0 aliphatic rings. The molecule has 0 aliphatic heterocycles. The number of benzene rings is 2. The Bertz CT molecular complexity index is 1020. The van der Waals surface area contributed by atoms with Gasteiger partial charge in [-0.25, -0.2) is 0 Å². The van der Waals surface area contributed by atoms with Gasteiger partial charge in [-0.2, -0.15) is 5.10 Å². The van der Waals surface area contributed by atoms with Crippen molar-refractivity contribution in [2.45, 2.75) is 19.9 Å². The molecule has 1 heterocycles. The van der Waals surface area contributed by atoms with Gasteiger partial charge in [0.25, 0.3) is 5.69 Å². The van der Waals surface area contributed by atoms with Crippen LogP contribution in [0.3, 0.4) is 0 Å². The number of anilines is 1. The number of halogens is 1. The highest BCUT2D eigenvalue weighted by atomic mass is 35.5. The lowest BCUT2D eigenvalue weighted by Gasteiger charge is -2.10. The lowest BCUT2D eigenvalue weighted by atomic mass is 10.2. The van der Waals surface area contributed by atoms with Crippen molar-refractivity contribution in [3.8, 4) is 11.5 Å². The first-order valence-corrected chi connectivity index (χ1v) is 8.79. The maximum atomic E-state index is 12.2. The second-order valence-corrected chi connectivity index (χ2v) is 6.55. The molecule has 9 heteroatoms. The zero-order valence-corrected chi connectivity index (χ0v) is 15.7. The van der Waals surface area contributed by atoms with Gasteiger partial charge in [0.15, 0.2) is 0 Å². The van der Waals surface area contributed by atoms with E-state index in [9.17, 15) is 14.9 Å². The summed E-state index contributed by atoms with van der Waals surface area (Å²) in [6.07, 6.45) is 3.22. The summed E-state index contributed by atoms with van der Waals surface area (Å²) in [6, 6.07) is 11.4. The van der Waals surface area contributed by atoms with Gasteiger partial charge in [0.05, 0.1) is 27.9 Å². The highest BCUT2D eigenvalue weighted by Gasteiger charge is 2.13. The Morgan fingerprint density at radius 1 is 1.29 bits per heavy atom. The number of carbonyl (C=O) groups excluding carboxylic acids is 1. The summed E-state index contributed by atoms with van der Waals surface area (Å²) in [4.78, 5) is 22.9. The number of hydrogen-bond acceptors (Lipinski definition) is 5. The molecule has 0 aliphatic carbocycles. The van der Waals surface area contributed by atoms with Crippen LogP contribution in [0.1, 0.15) is 12.0 Å². The molecule has 1 aromatic heterocycles. The lowest BCUT2D eigenvalue weighted by molar-refractivity contribution is -0.384. The van der Waals surface area contributed by atoms with E-state index in [0.29, 0.717) is 17.3 Å². The van der Waals surface area contributed by atoms with Crippen LogP contribution < -0.4 is 10.1 Å². The van der Waals surface area contributed by atoms with E-state index in [1.54, 1.807) is 16.9 Å². The second-order valence-electron chi connectivity index (χ2n) is 6.11. The van der Waals surface area contributed by atoms with Gasteiger partial charge in [-0.05, 0) is 24.6 Å². The van der Waals surface area contributed by atoms with E-state index in [4.69, 9.17) is 16.3 Å². The van der Waals surface area contributed by atoms with Crippen LogP contribution in [-0.2, 0) is 11.3 Å². The third-order valence-corrected chi connectivity index (χ3v) is 3.98. The zero-order valence-electron chi connectivity index (χ0n) is 15.0. The van der Waals surface area contributed by atoms with Crippen molar-refractivity contribution < 1.29 is 14.5 Å². The van der Waals surface area contributed by atoms with Crippen molar-refractivity contribution in [1.29, 1.82) is 0 Å². The molecule has 0 unspecified atom stereocenters. The van der Waals surface area contributed by atoms with Gasteiger partial charge < -0.3 is 10.1 Å². The average molecular weight is 401 g/mol. The maximum Gasteiger partial charge on any atom is 0.275 e. The van der Waals surface area contributed by atoms with Gasteiger partial charge in [-0.15, -0.1) is 0 Å². The maximum absolute atomic E-state index is 12.2. The van der Waals surface area contributed by atoms with Crippen LogP contribution in [-0.4, -0.2) is 20.6 Å². The van der Waals surface area contributed by atoms with E-state index in [0.717, 1.165) is 5.56 Å². The third-order valence-electron chi connectivity index (χ3n) is 3.78. The number of nitro benzene ring substituents is 1. The molecule has 0 bridgehead atoms. The first-order chi connectivity index (χ1) is 13.4. The molecular formula is C19H17ClN4O4. The standard InChI is InChI=1S/C19H17ClN4O4/c1-13-3-2-4-17(7-13)28-18-9-15(8-16(10-18)24(26)27)22-19(25)5-6-23-12-14(20)11-21-23/h2-4,7-12H,5-6H2,1H3,(H,22,25). The molecule has 0 fully saturated rings. The van der Waals surface area contributed by atoms with Gasteiger partial charge in [0.1, 0.15) is 11.5 Å². The summed E-state index contributed by atoms with van der Waals surface area (Å²) >= 11 is 5.78. The molecular weight excluding hydrogens is 384 g/mol. The van der Waals surface area contributed by atoms with Crippen molar-refractivity contribution in [3.05, 3.63) is 75.6 Å². The zero-order chi connectivity index (χ0) is 20.1. The Hall–Kier alpha value is -3.39. The minimum atomic E-state index is -0.537. The van der Waals surface area contributed by atoms with Crippen molar-refractivity contribution >= 4 is 28.9 Å². The summed E-state index contributed by atoms with van der Waals surface area (Å²) in [5, 5.41) is 18.4. The molecule has 1 amide bonds. The predicted molar refractivity (Wildman–Crippen MR) is 105 cm³/mol. The number of non-ortho nitro benzene ring substituents is 1. The number of carbonyl (C=O) groups is 1. The third kappa shape index (κ3) is 5.31. The fourth-order valence-corrected chi connectivity index (χ4v) is 2.69. The Balaban J connectivity index is 1.73. The van der Waals surface area contributed by atoms with Gasteiger partial charge in [0.2, 0.25) is 5.91 Å². The molecule has 3 aromatic rings. The molecule has 0 radical (unpaired) electrons. The van der Waals surface area contributed by atoms with Gasteiger partial charge >= 0.3 is 0 Å². The number of rotatable bonds is 7. The Kier molecular flexibility index (Phi) is 5.90. The van der Waals surface area contributed by atoms with E-state index >= 15 is 0 Å². The number of nitro groups is 1. The molecule has 8 nitrogen and oxygen atoms in total. The van der Waals surface area contributed by atoms with Crippen molar-refractivity contribution in [2.75, 3.05) is 5.32 Å². The first-order valence-electron chi connectivity index (χ1n) is 8.41. The topological polar surface area (TPSA) is 99.3 Å². The summed E-state index contributed by atoms with van der Waals surface area (Å²) in [7, 11) is 0. The number of ether oxygens (including phenoxy) is 1. The van der Waals surface area contributed by atoms with Gasteiger partial charge in [-0.1, -0.05) is 23.7 Å². The Morgan fingerprint density at radius 2 is 2.11 bits per heavy atom. The Labute approximate surface area is 165 Å². The Morgan fingerprint density at radius 3 is 2.79 bits per heavy atom. The van der Waals surface area contributed by atoms with E-state index in [1.807, 2.05) is 25.1 Å². The predicted octanol–water partition coefficient (Wildman–Crippen LogP) is 4.57. The highest BCUT2D eigenvalue weighted by Crippen LogP contribution is 2.30. The number of amides is 1. The van der Waals surface area contributed by atoms with E-state index in [-0.39, 0.29) is 29.5 Å². The number of aromatic nitrogens is 2. The normalized spacial score (nSPS) is 10.5. The summed E-state index contributed by atoms with van der Waals surface area (Å²) in [5.41, 5.74) is 1.09. The summed E-state index contributed by atoms with van der Waals surface area (Å²) < 4.78 is 7.26. The number of aryl methyl sites for hydroxylation is 2. The molecule has 28 heavy (non-hydrogen) atoms. The van der Waals surface area contributed by atoms with Crippen LogP contribution in [0.2, 0.25) is 5.02 Å². The number of nitrogens with zero attached hydrogens (tertiary/aromatic N) is 3. The second kappa shape index (κ2) is 8.53. The van der Waals surface area contributed by atoms with Crippen LogP contribution in [0, 0.1) is 17.0 Å². The van der Waals surface area contributed by atoms with Crippen molar-refractivity contribution in [2.24, 2.45) is 0 Å². The number of nitrogens with one attached hydrogen (secondary N) is 1. The quantitative estimate of drug-likeness (QED) is 0.462. The highest BCUT2D eigenvalue weighted by molar-refractivity contribution is 6.30. The fourth-order valence-electron chi connectivity index (χ4n) is 2.53. The summed E-state index contributed by atoms with van der Waals surface area (Å²) in [5.74, 6) is 0.496. The van der Waals surface area contributed by atoms with Gasteiger partial charge in [0, 0.05) is 31.3 Å². The molecule has 0 saturated carbocycles. The smallest absolute Gasteiger partial charge is 0.275 e. The molecule has 3 rings (SSSR count). The lowest BCUT2D eigenvalue weighted by Crippen LogP contribution is -2.14. The summed E-state index contributed by atoms with van der Waals surface area (Å²) in [6.45, 7) is 2.25. The van der Waals surface area contributed by atoms with Crippen LogP contribution in [0.25, 0.3) is 0 Å². The fraction of sp³-hybridized carbons (Fsp3) is 0.158. The minimum absolute atomic E-state index is 0.134. The largest absolute Gasteiger partial charge is 0.457 e. The van der Waals surface area contributed by atoms with Crippen LogP contribution in [0.4, 0.5) is 11.4 Å². The molecule has 0 spiro atoms. The van der Waals surface area contributed by atoms with E-state index in [2.05, 4.69) is 10.4 Å². The SMILES string of the molecule is Cc1cccc(Oc2cc(NC(=O)CCn3cc(Cl)cn3)cc([N+](=O)[O-])c2)c1. The molecule has 2 aromatic carbocycles. The minimum Gasteiger partial charge on any atom is -0.457 e. The van der Waals surface area contributed by atoms with Crippen molar-refractivity contribution in [1.82, 2.24) is 9.78 Å². The monoisotopic (exact) mass is 400 g/mol. The molecule has 0 saturated heterocycles. The van der Waals surface area contributed by atoms with Gasteiger partial charge in [-0.3, -0.25) is 19.6 Å².